The van der Waals surface area contributed by atoms with Gasteiger partial charge in [-0.15, -0.1) is 0 Å². The summed E-state index contributed by atoms with van der Waals surface area (Å²) in [5.41, 5.74) is 3.04. The lowest BCUT2D eigenvalue weighted by Gasteiger charge is -2.15. The molecule has 2 aromatic rings. The van der Waals surface area contributed by atoms with E-state index in [4.69, 9.17) is 12.2 Å². The molecule has 2 rings (SSSR count). The standard InChI is InChI=1S/C17H17N3S/c1-3-14-9-11-15(12-10-14)13-18-20(2)17(21)19-16-7-5-4-6-8-16/h3-13H,1H2,2H3,(H,19,21)/b18-13+. The number of benzene rings is 2. The number of rotatable bonds is 4. The van der Waals surface area contributed by atoms with Gasteiger partial charge in [0.2, 0.25) is 0 Å². The Morgan fingerprint density at radius 3 is 2.33 bits per heavy atom. The summed E-state index contributed by atoms with van der Waals surface area (Å²) in [6.07, 6.45) is 3.58. The minimum absolute atomic E-state index is 0.542. The van der Waals surface area contributed by atoms with Crippen LogP contribution in [0.5, 0.6) is 0 Å². The van der Waals surface area contributed by atoms with Gasteiger partial charge >= 0.3 is 0 Å². The summed E-state index contributed by atoms with van der Waals surface area (Å²) in [7, 11) is 1.81. The number of nitrogens with zero attached hydrogens (tertiary/aromatic N) is 2. The van der Waals surface area contributed by atoms with Gasteiger partial charge in [0, 0.05) is 12.7 Å². The van der Waals surface area contributed by atoms with Crippen LogP contribution in [-0.2, 0) is 0 Å². The van der Waals surface area contributed by atoms with Crippen LogP contribution in [0.3, 0.4) is 0 Å². The lowest BCUT2D eigenvalue weighted by atomic mass is 10.1. The van der Waals surface area contributed by atoms with Crippen LogP contribution < -0.4 is 5.32 Å². The van der Waals surface area contributed by atoms with Crippen molar-refractivity contribution in [2.45, 2.75) is 0 Å². The molecule has 0 heterocycles. The Bertz CT molecular complexity index is 633. The molecule has 0 fully saturated rings. The molecular formula is C17H17N3S. The van der Waals surface area contributed by atoms with E-state index in [1.165, 1.54) is 0 Å². The number of para-hydroxylation sites is 1. The van der Waals surface area contributed by atoms with Gasteiger partial charge in [-0.05, 0) is 35.5 Å². The van der Waals surface area contributed by atoms with Crippen molar-refractivity contribution >= 4 is 35.3 Å². The van der Waals surface area contributed by atoms with Crippen molar-refractivity contribution in [1.82, 2.24) is 5.01 Å². The molecule has 2 aromatic carbocycles. The molecule has 0 saturated carbocycles. The zero-order valence-electron chi connectivity index (χ0n) is 11.9. The van der Waals surface area contributed by atoms with Gasteiger partial charge in [-0.25, -0.2) is 5.01 Å². The predicted molar refractivity (Wildman–Crippen MR) is 94.6 cm³/mol. The average molecular weight is 295 g/mol. The van der Waals surface area contributed by atoms with Crippen LogP contribution in [-0.4, -0.2) is 23.4 Å². The molecule has 0 aliphatic carbocycles. The summed E-state index contributed by atoms with van der Waals surface area (Å²) >= 11 is 5.30. The highest BCUT2D eigenvalue weighted by Gasteiger charge is 2.01. The Morgan fingerprint density at radius 1 is 1.10 bits per heavy atom. The molecule has 0 bridgehead atoms. The van der Waals surface area contributed by atoms with E-state index in [-0.39, 0.29) is 0 Å². The van der Waals surface area contributed by atoms with Crippen LogP contribution in [0, 0.1) is 0 Å². The number of hydrazone groups is 1. The first-order chi connectivity index (χ1) is 10.2. The highest BCUT2D eigenvalue weighted by molar-refractivity contribution is 7.80. The quantitative estimate of drug-likeness (QED) is 0.525. The van der Waals surface area contributed by atoms with E-state index < -0.39 is 0 Å². The molecule has 0 spiro atoms. The number of thiocarbonyl (C=S) groups is 1. The second kappa shape index (κ2) is 7.36. The summed E-state index contributed by atoms with van der Waals surface area (Å²) in [4.78, 5) is 0. The second-order valence-electron chi connectivity index (χ2n) is 4.44. The van der Waals surface area contributed by atoms with Crippen molar-refractivity contribution < 1.29 is 0 Å². The first kappa shape index (κ1) is 14.9. The minimum Gasteiger partial charge on any atom is -0.331 e. The summed E-state index contributed by atoms with van der Waals surface area (Å²) < 4.78 is 0. The van der Waals surface area contributed by atoms with Crippen LogP contribution in [0.4, 0.5) is 5.69 Å². The van der Waals surface area contributed by atoms with E-state index >= 15 is 0 Å². The average Bonchev–Trinajstić information content (AvgIpc) is 2.54. The maximum absolute atomic E-state index is 5.30. The van der Waals surface area contributed by atoms with Gasteiger partial charge in [-0.1, -0.05) is 55.1 Å². The molecular weight excluding hydrogens is 278 g/mol. The maximum Gasteiger partial charge on any atom is 0.193 e. The Hall–Kier alpha value is -2.46. The van der Waals surface area contributed by atoms with Crippen LogP contribution in [0.15, 0.2) is 66.3 Å². The third-order valence-electron chi connectivity index (χ3n) is 2.87. The van der Waals surface area contributed by atoms with Gasteiger partial charge in [-0.2, -0.15) is 5.10 Å². The fraction of sp³-hybridized carbons (Fsp3) is 0.0588. The molecule has 21 heavy (non-hydrogen) atoms. The first-order valence-corrected chi connectivity index (χ1v) is 6.96. The molecule has 0 radical (unpaired) electrons. The van der Waals surface area contributed by atoms with Crippen molar-refractivity contribution in [2.75, 3.05) is 12.4 Å². The lowest BCUT2D eigenvalue weighted by Crippen LogP contribution is -2.26. The van der Waals surface area contributed by atoms with Crippen molar-refractivity contribution in [1.29, 1.82) is 0 Å². The van der Waals surface area contributed by atoms with Gasteiger partial charge < -0.3 is 5.32 Å². The van der Waals surface area contributed by atoms with Crippen LogP contribution >= 0.6 is 12.2 Å². The zero-order valence-corrected chi connectivity index (χ0v) is 12.7. The molecule has 0 aliphatic heterocycles. The van der Waals surface area contributed by atoms with Gasteiger partial charge in [0.15, 0.2) is 5.11 Å². The SMILES string of the molecule is C=Cc1ccc(/C=N/N(C)C(=S)Nc2ccccc2)cc1. The van der Waals surface area contributed by atoms with E-state index in [1.807, 2.05) is 67.7 Å². The molecule has 106 valence electrons. The Labute approximate surface area is 130 Å². The van der Waals surface area contributed by atoms with E-state index in [2.05, 4.69) is 17.0 Å². The Morgan fingerprint density at radius 2 is 1.71 bits per heavy atom. The summed E-state index contributed by atoms with van der Waals surface area (Å²) in [6.45, 7) is 3.73. The largest absolute Gasteiger partial charge is 0.331 e. The molecule has 0 atom stereocenters. The third-order valence-corrected chi connectivity index (χ3v) is 3.24. The van der Waals surface area contributed by atoms with Crippen molar-refractivity contribution in [3.63, 3.8) is 0 Å². The normalized spacial score (nSPS) is 10.3. The lowest BCUT2D eigenvalue weighted by molar-refractivity contribution is 0.557. The van der Waals surface area contributed by atoms with Crippen molar-refractivity contribution in [3.05, 3.63) is 72.3 Å². The molecule has 0 saturated heterocycles. The van der Waals surface area contributed by atoms with E-state index in [9.17, 15) is 0 Å². The van der Waals surface area contributed by atoms with Gasteiger partial charge in [0.1, 0.15) is 0 Å². The van der Waals surface area contributed by atoms with Gasteiger partial charge in [0.25, 0.3) is 0 Å². The predicted octanol–water partition coefficient (Wildman–Crippen LogP) is 3.99. The summed E-state index contributed by atoms with van der Waals surface area (Å²) in [6, 6.07) is 17.7. The molecule has 4 heteroatoms. The van der Waals surface area contributed by atoms with Crippen LogP contribution in [0.2, 0.25) is 0 Å². The van der Waals surface area contributed by atoms with E-state index in [0.717, 1.165) is 16.8 Å². The maximum atomic E-state index is 5.30. The van der Waals surface area contributed by atoms with E-state index in [1.54, 1.807) is 11.2 Å². The van der Waals surface area contributed by atoms with Crippen LogP contribution in [0.1, 0.15) is 11.1 Å². The van der Waals surface area contributed by atoms with Gasteiger partial charge in [-0.3, -0.25) is 0 Å². The monoisotopic (exact) mass is 295 g/mol. The van der Waals surface area contributed by atoms with Crippen molar-refractivity contribution in [3.8, 4) is 0 Å². The number of nitrogens with one attached hydrogen (secondary N) is 1. The number of hydrogen-bond donors (Lipinski definition) is 1. The van der Waals surface area contributed by atoms with Crippen LogP contribution in [0.25, 0.3) is 6.08 Å². The van der Waals surface area contributed by atoms with E-state index in [0.29, 0.717) is 5.11 Å². The molecule has 0 amide bonds. The van der Waals surface area contributed by atoms with Crippen molar-refractivity contribution in [2.24, 2.45) is 5.10 Å². The Kier molecular flexibility index (Phi) is 5.23. The molecule has 1 N–H and O–H groups in total. The fourth-order valence-corrected chi connectivity index (χ4v) is 1.81. The molecule has 0 aliphatic rings. The topological polar surface area (TPSA) is 27.6 Å². The Balaban J connectivity index is 1.96. The second-order valence-corrected chi connectivity index (χ2v) is 4.82. The molecule has 3 nitrogen and oxygen atoms in total. The molecule has 0 aromatic heterocycles. The third kappa shape index (κ3) is 4.54. The number of anilines is 1. The number of hydrogen-bond acceptors (Lipinski definition) is 2. The smallest absolute Gasteiger partial charge is 0.193 e. The summed E-state index contributed by atoms with van der Waals surface area (Å²) in [5.74, 6) is 0. The first-order valence-electron chi connectivity index (χ1n) is 6.55. The minimum atomic E-state index is 0.542. The fourth-order valence-electron chi connectivity index (χ4n) is 1.65. The highest BCUT2D eigenvalue weighted by atomic mass is 32.1. The zero-order chi connectivity index (χ0) is 15.1. The summed E-state index contributed by atoms with van der Waals surface area (Å²) in [5, 5.41) is 9.62. The highest BCUT2D eigenvalue weighted by Crippen LogP contribution is 2.07. The van der Waals surface area contributed by atoms with Gasteiger partial charge in [0.05, 0.1) is 6.21 Å². The molecule has 0 unspecified atom stereocenters.